The number of aromatic amines is 1. The third-order valence-corrected chi connectivity index (χ3v) is 3.46. The van der Waals surface area contributed by atoms with E-state index >= 15 is 0 Å². The number of hydrogen-bond donors (Lipinski definition) is 3. The molecule has 1 heterocycles. The highest BCUT2D eigenvalue weighted by molar-refractivity contribution is 5.82. The molecule has 0 bridgehead atoms. The van der Waals surface area contributed by atoms with Crippen LogP contribution in [-0.2, 0) is 11.3 Å². The van der Waals surface area contributed by atoms with Crippen molar-refractivity contribution in [1.29, 1.82) is 0 Å². The summed E-state index contributed by atoms with van der Waals surface area (Å²) in [6.07, 6.45) is -1.26. The molecule has 3 aromatic rings. The molecule has 1 atom stereocenters. The summed E-state index contributed by atoms with van der Waals surface area (Å²) in [4.78, 5) is 30.8. The predicted octanol–water partition coefficient (Wildman–Crippen LogP) is 1.27. The summed E-state index contributed by atoms with van der Waals surface area (Å²) in [5, 5.41) is 13.0. The van der Waals surface area contributed by atoms with Gasteiger partial charge in [-0.05, 0) is 17.7 Å². The van der Waals surface area contributed by atoms with Gasteiger partial charge in [0.1, 0.15) is 5.82 Å². The van der Waals surface area contributed by atoms with Crippen LogP contribution < -0.4 is 10.9 Å². The number of H-pyrrole nitrogens is 1. The fourth-order valence-electron chi connectivity index (χ4n) is 2.27. The summed E-state index contributed by atoms with van der Waals surface area (Å²) < 4.78 is 0. The van der Waals surface area contributed by atoms with Gasteiger partial charge in [0.15, 0.2) is 6.10 Å². The molecule has 1 amide bonds. The van der Waals surface area contributed by atoms with Gasteiger partial charge in [0.25, 0.3) is 11.5 Å². The number of hydrogen-bond acceptors (Lipinski definition) is 4. The fourth-order valence-corrected chi connectivity index (χ4v) is 2.27. The van der Waals surface area contributed by atoms with E-state index in [0.29, 0.717) is 22.3 Å². The molecule has 0 fully saturated rings. The van der Waals surface area contributed by atoms with Gasteiger partial charge in [-0.3, -0.25) is 9.59 Å². The second kappa shape index (κ2) is 6.41. The molecule has 1 unspecified atom stereocenters. The standard InChI is InChI=1S/C17H15N3O3/c21-15(11-6-2-1-3-7-11)17(23)18-10-14-19-13-9-5-4-8-12(13)16(22)20-14/h1-9,15,21H,10H2,(H,18,23)(H,19,20,22). The normalized spacial score (nSPS) is 12.0. The Balaban J connectivity index is 1.73. The zero-order valence-electron chi connectivity index (χ0n) is 12.2. The molecule has 0 saturated heterocycles. The molecule has 0 radical (unpaired) electrons. The number of carbonyl (C=O) groups excluding carboxylic acids is 1. The van der Waals surface area contributed by atoms with Gasteiger partial charge >= 0.3 is 0 Å². The monoisotopic (exact) mass is 309 g/mol. The molecule has 3 rings (SSSR count). The maximum atomic E-state index is 12.0. The Hall–Kier alpha value is -2.99. The van der Waals surface area contributed by atoms with Crippen molar-refractivity contribution < 1.29 is 9.90 Å². The second-order valence-corrected chi connectivity index (χ2v) is 5.06. The van der Waals surface area contributed by atoms with Gasteiger partial charge in [-0.25, -0.2) is 4.98 Å². The van der Waals surface area contributed by atoms with Crippen LogP contribution in [0.2, 0.25) is 0 Å². The molecule has 3 N–H and O–H groups in total. The van der Waals surface area contributed by atoms with Crippen LogP contribution in [0.25, 0.3) is 10.9 Å². The molecule has 0 aliphatic rings. The van der Waals surface area contributed by atoms with Crippen molar-refractivity contribution in [2.75, 3.05) is 0 Å². The number of amides is 1. The number of rotatable bonds is 4. The Bertz CT molecular complexity index is 890. The van der Waals surface area contributed by atoms with Crippen LogP contribution >= 0.6 is 0 Å². The average Bonchev–Trinajstić information content (AvgIpc) is 2.60. The smallest absolute Gasteiger partial charge is 0.258 e. The molecule has 116 valence electrons. The lowest BCUT2D eigenvalue weighted by atomic mass is 10.1. The number of para-hydroxylation sites is 1. The maximum absolute atomic E-state index is 12.0. The zero-order chi connectivity index (χ0) is 16.2. The lowest BCUT2D eigenvalue weighted by Gasteiger charge is -2.11. The number of nitrogens with one attached hydrogen (secondary N) is 2. The van der Waals surface area contributed by atoms with Crippen molar-refractivity contribution in [3.8, 4) is 0 Å². The minimum atomic E-state index is -1.26. The highest BCUT2D eigenvalue weighted by atomic mass is 16.3. The number of aliphatic hydroxyl groups excluding tert-OH is 1. The van der Waals surface area contributed by atoms with E-state index < -0.39 is 12.0 Å². The van der Waals surface area contributed by atoms with Crippen LogP contribution in [0, 0.1) is 0 Å². The first kappa shape index (κ1) is 14.9. The largest absolute Gasteiger partial charge is 0.378 e. The van der Waals surface area contributed by atoms with Gasteiger partial charge in [-0.1, -0.05) is 42.5 Å². The molecule has 0 aliphatic carbocycles. The minimum Gasteiger partial charge on any atom is -0.378 e. The highest BCUT2D eigenvalue weighted by Crippen LogP contribution is 2.12. The highest BCUT2D eigenvalue weighted by Gasteiger charge is 2.16. The third-order valence-electron chi connectivity index (χ3n) is 3.46. The third kappa shape index (κ3) is 3.27. The van der Waals surface area contributed by atoms with E-state index in [4.69, 9.17) is 0 Å². The van der Waals surface area contributed by atoms with E-state index in [2.05, 4.69) is 15.3 Å². The number of nitrogens with zero attached hydrogens (tertiary/aromatic N) is 1. The lowest BCUT2D eigenvalue weighted by Crippen LogP contribution is -2.30. The van der Waals surface area contributed by atoms with Gasteiger partial charge in [-0.15, -0.1) is 0 Å². The molecule has 6 heteroatoms. The van der Waals surface area contributed by atoms with Crippen molar-refractivity contribution in [1.82, 2.24) is 15.3 Å². The Labute approximate surface area is 131 Å². The van der Waals surface area contributed by atoms with E-state index in [1.165, 1.54) is 0 Å². The van der Waals surface area contributed by atoms with Gasteiger partial charge < -0.3 is 15.4 Å². The molecular formula is C17H15N3O3. The number of benzene rings is 2. The number of carbonyl (C=O) groups is 1. The number of aromatic nitrogens is 2. The van der Waals surface area contributed by atoms with Crippen molar-refractivity contribution >= 4 is 16.8 Å². The van der Waals surface area contributed by atoms with Crippen LogP contribution in [0.1, 0.15) is 17.5 Å². The first-order valence-electron chi connectivity index (χ1n) is 7.14. The molecule has 6 nitrogen and oxygen atoms in total. The predicted molar refractivity (Wildman–Crippen MR) is 85.6 cm³/mol. The fraction of sp³-hybridized carbons (Fsp3) is 0.118. The van der Waals surface area contributed by atoms with Crippen molar-refractivity contribution in [3.05, 3.63) is 76.3 Å². The quantitative estimate of drug-likeness (QED) is 0.676. The molecule has 1 aromatic heterocycles. The van der Waals surface area contributed by atoms with E-state index in [9.17, 15) is 14.7 Å². The summed E-state index contributed by atoms with van der Waals surface area (Å²) >= 11 is 0. The molecule has 23 heavy (non-hydrogen) atoms. The summed E-state index contributed by atoms with van der Waals surface area (Å²) in [7, 11) is 0. The van der Waals surface area contributed by atoms with Crippen LogP contribution in [0.5, 0.6) is 0 Å². The van der Waals surface area contributed by atoms with Crippen LogP contribution in [0.15, 0.2) is 59.4 Å². The molecule has 2 aromatic carbocycles. The Morgan fingerprint density at radius 2 is 1.83 bits per heavy atom. The van der Waals surface area contributed by atoms with E-state index in [1.54, 1.807) is 54.6 Å². The van der Waals surface area contributed by atoms with Crippen molar-refractivity contribution in [3.63, 3.8) is 0 Å². The Morgan fingerprint density at radius 3 is 2.61 bits per heavy atom. The summed E-state index contributed by atoms with van der Waals surface area (Å²) in [5.41, 5.74) is 0.803. The van der Waals surface area contributed by atoms with Crippen molar-refractivity contribution in [2.45, 2.75) is 12.6 Å². The molecule has 0 saturated carbocycles. The Kier molecular flexibility index (Phi) is 4.16. The van der Waals surface area contributed by atoms with E-state index in [0.717, 1.165) is 0 Å². The van der Waals surface area contributed by atoms with Crippen LogP contribution in [0.3, 0.4) is 0 Å². The maximum Gasteiger partial charge on any atom is 0.258 e. The first-order valence-corrected chi connectivity index (χ1v) is 7.14. The van der Waals surface area contributed by atoms with Crippen molar-refractivity contribution in [2.24, 2.45) is 0 Å². The molecule has 0 aliphatic heterocycles. The minimum absolute atomic E-state index is 0.0306. The number of aliphatic hydroxyl groups is 1. The molecular weight excluding hydrogens is 294 g/mol. The van der Waals surface area contributed by atoms with Gasteiger partial charge in [0.2, 0.25) is 0 Å². The summed E-state index contributed by atoms with van der Waals surface area (Å²) in [6, 6.07) is 15.6. The van der Waals surface area contributed by atoms with E-state index in [1.807, 2.05) is 0 Å². The number of fused-ring (bicyclic) bond motifs is 1. The van der Waals surface area contributed by atoms with Gasteiger partial charge in [0, 0.05) is 0 Å². The van der Waals surface area contributed by atoms with Gasteiger partial charge in [0.05, 0.1) is 17.4 Å². The first-order chi connectivity index (χ1) is 11.1. The zero-order valence-corrected chi connectivity index (χ0v) is 12.2. The lowest BCUT2D eigenvalue weighted by molar-refractivity contribution is -0.129. The second-order valence-electron chi connectivity index (χ2n) is 5.06. The summed E-state index contributed by atoms with van der Waals surface area (Å²) in [6.45, 7) is 0.0306. The topological polar surface area (TPSA) is 95.1 Å². The Morgan fingerprint density at radius 1 is 1.13 bits per heavy atom. The SMILES string of the molecule is O=C(NCc1nc2ccccc2c(=O)[nH]1)C(O)c1ccccc1. The molecule has 0 spiro atoms. The van der Waals surface area contributed by atoms with Crippen LogP contribution in [0.4, 0.5) is 0 Å². The average molecular weight is 309 g/mol. The van der Waals surface area contributed by atoms with Crippen LogP contribution in [-0.4, -0.2) is 21.0 Å². The summed E-state index contributed by atoms with van der Waals surface area (Å²) in [5.74, 6) is -0.214. The van der Waals surface area contributed by atoms with Gasteiger partial charge in [-0.2, -0.15) is 0 Å². The van der Waals surface area contributed by atoms with E-state index in [-0.39, 0.29) is 12.1 Å².